The second-order valence-corrected chi connectivity index (χ2v) is 6.24. The Hall–Kier alpha value is -1.06. The quantitative estimate of drug-likeness (QED) is 0.932. The molecule has 86 valence electrons. The molecule has 1 rings (SSSR count). The summed E-state index contributed by atoms with van der Waals surface area (Å²) in [6.07, 6.45) is 0. The summed E-state index contributed by atoms with van der Waals surface area (Å²) < 4.78 is 26.4. The molecule has 0 radical (unpaired) electrons. The van der Waals surface area contributed by atoms with Crippen LogP contribution in [0.1, 0.15) is 12.5 Å². The van der Waals surface area contributed by atoms with E-state index in [0.717, 1.165) is 10.0 Å². The molecule has 1 aromatic carbocycles. The molecule has 1 aromatic rings. The molecule has 0 fully saturated rings. The Morgan fingerprint density at radius 3 is 2.62 bits per heavy atom. The summed E-state index contributed by atoms with van der Waals surface area (Å²) in [6, 6.07) is 6.78. The Balaban J connectivity index is 2.98. The molecule has 0 aliphatic rings. The van der Waals surface area contributed by atoms with Crippen LogP contribution in [0.15, 0.2) is 22.7 Å². The Bertz CT molecular complexity index is 534. The molecule has 0 bridgehead atoms. The van der Waals surface area contributed by atoms with Crippen LogP contribution in [0.2, 0.25) is 0 Å². The first-order valence-corrected chi connectivity index (χ1v) is 6.88. The maximum absolute atomic E-state index is 11.6. The van der Waals surface area contributed by atoms with Gasteiger partial charge in [0.05, 0.1) is 6.07 Å². The molecule has 0 amide bonds. The van der Waals surface area contributed by atoms with Crippen molar-refractivity contribution < 1.29 is 8.42 Å². The predicted octanol–water partition coefficient (Wildman–Crippen LogP) is 2.41. The summed E-state index contributed by atoms with van der Waals surface area (Å²) in [4.78, 5) is 0. The van der Waals surface area contributed by atoms with Crippen molar-refractivity contribution in [3.63, 3.8) is 0 Å². The molecular formula is C10H11BrN2O2S. The van der Waals surface area contributed by atoms with Crippen molar-refractivity contribution in [3.05, 3.63) is 28.2 Å². The van der Waals surface area contributed by atoms with Crippen LogP contribution in [0.4, 0.5) is 5.69 Å². The monoisotopic (exact) mass is 302 g/mol. The van der Waals surface area contributed by atoms with Crippen molar-refractivity contribution in [1.29, 1.82) is 5.26 Å². The van der Waals surface area contributed by atoms with E-state index in [1.807, 2.05) is 6.92 Å². The van der Waals surface area contributed by atoms with E-state index in [2.05, 4.69) is 20.7 Å². The van der Waals surface area contributed by atoms with Crippen molar-refractivity contribution in [3.8, 4) is 6.07 Å². The second-order valence-electron chi connectivity index (χ2n) is 3.38. The fraction of sp³-hybridized carbons (Fsp3) is 0.300. The third kappa shape index (κ3) is 2.97. The Morgan fingerprint density at radius 2 is 2.12 bits per heavy atom. The third-order valence-corrected chi connectivity index (χ3v) is 4.51. The molecule has 0 saturated heterocycles. The van der Waals surface area contributed by atoms with Crippen LogP contribution < -0.4 is 4.72 Å². The van der Waals surface area contributed by atoms with Crippen molar-refractivity contribution in [2.24, 2.45) is 0 Å². The van der Waals surface area contributed by atoms with Crippen molar-refractivity contribution in [1.82, 2.24) is 0 Å². The lowest BCUT2D eigenvalue weighted by molar-refractivity contribution is 0.597. The van der Waals surface area contributed by atoms with E-state index in [4.69, 9.17) is 5.26 Å². The van der Waals surface area contributed by atoms with Crippen molar-refractivity contribution in [2.45, 2.75) is 19.1 Å². The highest BCUT2D eigenvalue weighted by atomic mass is 79.9. The zero-order valence-corrected chi connectivity index (χ0v) is 11.3. The van der Waals surface area contributed by atoms with Gasteiger partial charge in [0.15, 0.2) is 5.25 Å². The van der Waals surface area contributed by atoms with Gasteiger partial charge in [-0.2, -0.15) is 5.26 Å². The fourth-order valence-corrected chi connectivity index (χ4v) is 2.05. The summed E-state index contributed by atoms with van der Waals surface area (Å²) in [7, 11) is -3.62. The molecule has 0 saturated carbocycles. The molecule has 4 nitrogen and oxygen atoms in total. The topological polar surface area (TPSA) is 70.0 Å². The number of halogens is 1. The maximum Gasteiger partial charge on any atom is 0.248 e. The van der Waals surface area contributed by atoms with Gasteiger partial charge in [-0.15, -0.1) is 0 Å². The number of nitrogens with one attached hydrogen (secondary N) is 1. The van der Waals surface area contributed by atoms with Gasteiger partial charge in [-0.3, -0.25) is 4.72 Å². The molecule has 0 aromatic heterocycles. The highest BCUT2D eigenvalue weighted by Crippen LogP contribution is 2.21. The van der Waals surface area contributed by atoms with Gasteiger partial charge in [0.25, 0.3) is 0 Å². The zero-order chi connectivity index (χ0) is 12.3. The van der Waals surface area contributed by atoms with E-state index in [0.29, 0.717) is 5.69 Å². The minimum atomic E-state index is -3.62. The standard InChI is InChI=1S/C10H11BrN2O2S/c1-7-5-9(3-4-10(7)11)13-16(14,15)8(2)6-12/h3-5,8,13H,1-2H3. The Morgan fingerprint density at radius 1 is 1.50 bits per heavy atom. The molecule has 6 heteroatoms. The van der Waals surface area contributed by atoms with Crippen LogP contribution in [0.5, 0.6) is 0 Å². The number of aryl methyl sites for hydroxylation is 1. The number of hydrogen-bond donors (Lipinski definition) is 1. The molecule has 0 spiro atoms. The molecule has 0 aliphatic heterocycles. The van der Waals surface area contributed by atoms with Gasteiger partial charge < -0.3 is 0 Å². The molecule has 0 aliphatic carbocycles. The number of rotatable bonds is 3. The lowest BCUT2D eigenvalue weighted by atomic mass is 10.2. The maximum atomic E-state index is 11.6. The molecule has 0 heterocycles. The lowest BCUT2D eigenvalue weighted by Gasteiger charge is -2.10. The van der Waals surface area contributed by atoms with E-state index < -0.39 is 15.3 Å². The van der Waals surface area contributed by atoms with Crippen LogP contribution in [-0.4, -0.2) is 13.7 Å². The van der Waals surface area contributed by atoms with Crippen molar-refractivity contribution in [2.75, 3.05) is 4.72 Å². The molecule has 1 N–H and O–H groups in total. The average molecular weight is 303 g/mol. The molecule has 16 heavy (non-hydrogen) atoms. The number of anilines is 1. The first-order chi connectivity index (χ1) is 7.36. The number of benzene rings is 1. The summed E-state index contributed by atoms with van der Waals surface area (Å²) >= 11 is 3.32. The predicted molar refractivity (Wildman–Crippen MR) is 66.5 cm³/mol. The van der Waals surface area contributed by atoms with Crippen LogP contribution >= 0.6 is 15.9 Å². The van der Waals surface area contributed by atoms with Crippen LogP contribution in [0.25, 0.3) is 0 Å². The van der Waals surface area contributed by atoms with E-state index in [9.17, 15) is 8.42 Å². The fourth-order valence-electron chi connectivity index (χ4n) is 1.03. The third-order valence-electron chi connectivity index (χ3n) is 2.07. The van der Waals surface area contributed by atoms with E-state index in [-0.39, 0.29) is 0 Å². The first kappa shape index (κ1) is 13.0. The molecule has 1 atom stereocenters. The van der Waals surface area contributed by atoms with Crippen LogP contribution in [0, 0.1) is 18.3 Å². The molecular weight excluding hydrogens is 292 g/mol. The van der Waals surface area contributed by atoms with Gasteiger partial charge in [-0.25, -0.2) is 8.42 Å². The van der Waals surface area contributed by atoms with Gasteiger partial charge >= 0.3 is 0 Å². The summed E-state index contributed by atoms with van der Waals surface area (Å²) in [5.41, 5.74) is 1.38. The second kappa shape index (κ2) is 4.85. The lowest BCUT2D eigenvalue weighted by Crippen LogP contribution is -2.23. The highest BCUT2D eigenvalue weighted by Gasteiger charge is 2.19. The van der Waals surface area contributed by atoms with Gasteiger partial charge in [0.1, 0.15) is 0 Å². The number of sulfonamides is 1. The number of nitriles is 1. The summed E-state index contributed by atoms with van der Waals surface area (Å²) in [6.45, 7) is 3.20. The summed E-state index contributed by atoms with van der Waals surface area (Å²) in [5, 5.41) is 7.50. The minimum Gasteiger partial charge on any atom is -0.282 e. The number of nitrogens with zero attached hydrogens (tertiary/aromatic N) is 1. The number of hydrogen-bond acceptors (Lipinski definition) is 3. The largest absolute Gasteiger partial charge is 0.282 e. The smallest absolute Gasteiger partial charge is 0.248 e. The average Bonchev–Trinajstić information content (AvgIpc) is 2.22. The first-order valence-electron chi connectivity index (χ1n) is 4.54. The molecule has 1 unspecified atom stereocenters. The van der Waals surface area contributed by atoms with Gasteiger partial charge in [-0.05, 0) is 37.6 Å². The normalized spacial score (nSPS) is 12.9. The Labute approximate surface area is 103 Å². The van der Waals surface area contributed by atoms with Gasteiger partial charge in [0.2, 0.25) is 10.0 Å². The van der Waals surface area contributed by atoms with Gasteiger partial charge in [0, 0.05) is 10.2 Å². The Kier molecular flexibility index (Phi) is 3.94. The SMILES string of the molecule is Cc1cc(NS(=O)(=O)C(C)C#N)ccc1Br. The van der Waals surface area contributed by atoms with E-state index in [1.54, 1.807) is 24.3 Å². The zero-order valence-electron chi connectivity index (χ0n) is 8.86. The highest BCUT2D eigenvalue weighted by molar-refractivity contribution is 9.10. The van der Waals surface area contributed by atoms with Crippen LogP contribution in [0.3, 0.4) is 0 Å². The van der Waals surface area contributed by atoms with Crippen LogP contribution in [-0.2, 0) is 10.0 Å². The summed E-state index contributed by atoms with van der Waals surface area (Å²) in [5.74, 6) is 0. The minimum absolute atomic E-state index is 0.461. The van der Waals surface area contributed by atoms with E-state index >= 15 is 0 Å². The van der Waals surface area contributed by atoms with Gasteiger partial charge in [-0.1, -0.05) is 15.9 Å². The van der Waals surface area contributed by atoms with E-state index in [1.165, 1.54) is 6.92 Å². The van der Waals surface area contributed by atoms with Crippen molar-refractivity contribution >= 4 is 31.6 Å².